The van der Waals surface area contributed by atoms with E-state index in [0.717, 1.165) is 0 Å². The van der Waals surface area contributed by atoms with Crippen molar-refractivity contribution < 1.29 is 14.3 Å². The molecule has 1 aromatic carbocycles. The smallest absolute Gasteiger partial charge is 0.272 e. The molecule has 2 N–H and O–H groups in total. The van der Waals surface area contributed by atoms with E-state index < -0.39 is 0 Å². The molecule has 5 nitrogen and oxygen atoms in total. The molecule has 0 aliphatic heterocycles. The SMILES string of the molecule is CSC(CO)C(C)NC(=O)c1ccn(-c2ccc(F)cc2)n1. The highest BCUT2D eigenvalue weighted by atomic mass is 32.2. The standard InChI is InChI=1S/C15H18FN3O2S/c1-10(14(9-20)22-2)17-15(21)13-7-8-19(18-13)12-5-3-11(16)4-6-12/h3-8,10,14,20H,9H2,1-2H3,(H,17,21). The van der Waals surface area contributed by atoms with E-state index in [2.05, 4.69) is 10.4 Å². The summed E-state index contributed by atoms with van der Waals surface area (Å²) >= 11 is 1.49. The summed E-state index contributed by atoms with van der Waals surface area (Å²) in [7, 11) is 0. The fourth-order valence-corrected chi connectivity index (χ4v) is 2.62. The number of hydrogen-bond acceptors (Lipinski definition) is 4. The number of aliphatic hydroxyl groups excluding tert-OH is 1. The van der Waals surface area contributed by atoms with Crippen LogP contribution in [-0.4, -0.2) is 44.9 Å². The highest BCUT2D eigenvalue weighted by Gasteiger charge is 2.19. The number of carbonyl (C=O) groups excluding carboxylic acids is 1. The van der Waals surface area contributed by atoms with Gasteiger partial charge in [0.15, 0.2) is 5.69 Å². The third-order valence-electron chi connectivity index (χ3n) is 3.31. The molecular formula is C15H18FN3O2S. The minimum atomic E-state index is -0.324. The Morgan fingerprint density at radius 1 is 1.41 bits per heavy atom. The number of carbonyl (C=O) groups is 1. The maximum absolute atomic E-state index is 12.9. The van der Waals surface area contributed by atoms with E-state index in [1.807, 2.05) is 13.2 Å². The van der Waals surface area contributed by atoms with Gasteiger partial charge in [0, 0.05) is 17.5 Å². The summed E-state index contributed by atoms with van der Waals surface area (Å²) in [5, 5.41) is 16.2. The normalized spacial score (nSPS) is 13.6. The lowest BCUT2D eigenvalue weighted by atomic mass is 10.2. The molecule has 0 fully saturated rings. The summed E-state index contributed by atoms with van der Waals surface area (Å²) in [6.07, 6.45) is 3.53. The van der Waals surface area contributed by atoms with Crippen molar-refractivity contribution in [2.45, 2.75) is 18.2 Å². The maximum atomic E-state index is 12.9. The summed E-state index contributed by atoms with van der Waals surface area (Å²) in [5.74, 6) is -0.629. The van der Waals surface area contributed by atoms with Gasteiger partial charge in [0.05, 0.1) is 12.3 Å². The summed E-state index contributed by atoms with van der Waals surface area (Å²) in [4.78, 5) is 12.2. The van der Waals surface area contributed by atoms with E-state index in [0.29, 0.717) is 5.69 Å². The zero-order valence-electron chi connectivity index (χ0n) is 12.4. The summed E-state index contributed by atoms with van der Waals surface area (Å²) in [5.41, 5.74) is 0.944. The maximum Gasteiger partial charge on any atom is 0.272 e. The molecule has 0 aliphatic carbocycles. The molecule has 1 heterocycles. The van der Waals surface area contributed by atoms with Crippen LogP contribution in [0.1, 0.15) is 17.4 Å². The van der Waals surface area contributed by atoms with Gasteiger partial charge in [-0.15, -0.1) is 0 Å². The molecule has 2 atom stereocenters. The third kappa shape index (κ3) is 3.86. The van der Waals surface area contributed by atoms with Gasteiger partial charge < -0.3 is 10.4 Å². The molecule has 1 amide bonds. The fourth-order valence-electron chi connectivity index (χ4n) is 1.99. The molecule has 7 heteroatoms. The van der Waals surface area contributed by atoms with Crippen LogP contribution in [0.25, 0.3) is 5.69 Å². The molecule has 118 valence electrons. The van der Waals surface area contributed by atoms with Gasteiger partial charge in [-0.2, -0.15) is 16.9 Å². The summed E-state index contributed by atoms with van der Waals surface area (Å²) in [6.45, 7) is 1.83. The Morgan fingerprint density at radius 2 is 2.09 bits per heavy atom. The monoisotopic (exact) mass is 323 g/mol. The number of amides is 1. The van der Waals surface area contributed by atoms with Crippen LogP contribution in [0.15, 0.2) is 36.5 Å². The first-order valence-corrected chi connectivity index (χ1v) is 8.10. The van der Waals surface area contributed by atoms with Crippen molar-refractivity contribution in [2.75, 3.05) is 12.9 Å². The van der Waals surface area contributed by atoms with E-state index in [1.165, 1.54) is 28.6 Å². The van der Waals surface area contributed by atoms with Gasteiger partial charge in [0.1, 0.15) is 5.82 Å². The first-order valence-electron chi connectivity index (χ1n) is 6.81. The number of hydrogen-bond donors (Lipinski definition) is 2. The van der Waals surface area contributed by atoms with Crippen molar-refractivity contribution >= 4 is 17.7 Å². The Kier molecular flexibility index (Phi) is 5.57. The van der Waals surface area contributed by atoms with E-state index in [1.54, 1.807) is 24.4 Å². The summed E-state index contributed by atoms with van der Waals surface area (Å²) in [6, 6.07) is 7.26. The van der Waals surface area contributed by atoms with E-state index in [-0.39, 0.29) is 35.3 Å². The Morgan fingerprint density at radius 3 is 2.68 bits per heavy atom. The Labute approximate surface area is 132 Å². The number of benzene rings is 1. The molecule has 0 radical (unpaired) electrons. The number of aromatic nitrogens is 2. The minimum absolute atomic E-state index is 0.00731. The predicted molar refractivity (Wildman–Crippen MR) is 84.8 cm³/mol. The highest BCUT2D eigenvalue weighted by molar-refractivity contribution is 7.99. The molecule has 2 rings (SSSR count). The molecule has 0 saturated carbocycles. The van der Waals surface area contributed by atoms with Gasteiger partial charge in [-0.05, 0) is 43.5 Å². The summed E-state index contributed by atoms with van der Waals surface area (Å²) < 4.78 is 14.4. The number of nitrogens with one attached hydrogen (secondary N) is 1. The number of aliphatic hydroxyl groups is 1. The first kappa shape index (κ1) is 16.5. The van der Waals surface area contributed by atoms with Crippen molar-refractivity contribution in [1.82, 2.24) is 15.1 Å². The van der Waals surface area contributed by atoms with Gasteiger partial charge >= 0.3 is 0 Å². The zero-order valence-corrected chi connectivity index (χ0v) is 13.2. The molecule has 1 aromatic heterocycles. The zero-order chi connectivity index (χ0) is 16.1. The average Bonchev–Trinajstić information content (AvgIpc) is 2.99. The topological polar surface area (TPSA) is 67.2 Å². The van der Waals surface area contributed by atoms with Crippen LogP contribution in [-0.2, 0) is 0 Å². The van der Waals surface area contributed by atoms with Crippen LogP contribution >= 0.6 is 11.8 Å². The molecule has 22 heavy (non-hydrogen) atoms. The third-order valence-corrected chi connectivity index (χ3v) is 4.47. The number of nitrogens with zero attached hydrogens (tertiary/aromatic N) is 2. The van der Waals surface area contributed by atoms with E-state index >= 15 is 0 Å². The van der Waals surface area contributed by atoms with Gasteiger partial charge in [-0.3, -0.25) is 4.79 Å². The van der Waals surface area contributed by atoms with Crippen LogP contribution in [0.5, 0.6) is 0 Å². The number of thioether (sulfide) groups is 1. The van der Waals surface area contributed by atoms with Crippen molar-refractivity contribution in [3.63, 3.8) is 0 Å². The second kappa shape index (κ2) is 7.42. The van der Waals surface area contributed by atoms with Crippen LogP contribution in [0, 0.1) is 5.82 Å². The van der Waals surface area contributed by atoms with Gasteiger partial charge in [-0.1, -0.05) is 0 Å². The van der Waals surface area contributed by atoms with Gasteiger partial charge in [-0.25, -0.2) is 9.07 Å². The van der Waals surface area contributed by atoms with E-state index in [4.69, 9.17) is 0 Å². The lowest BCUT2D eigenvalue weighted by molar-refractivity contribution is 0.0930. The van der Waals surface area contributed by atoms with Crippen LogP contribution in [0.4, 0.5) is 4.39 Å². The van der Waals surface area contributed by atoms with Crippen LogP contribution in [0.2, 0.25) is 0 Å². The van der Waals surface area contributed by atoms with Crippen LogP contribution < -0.4 is 5.32 Å². The molecular weight excluding hydrogens is 305 g/mol. The quantitative estimate of drug-likeness (QED) is 0.851. The molecule has 2 unspecified atom stereocenters. The van der Waals surface area contributed by atoms with Crippen molar-refractivity contribution in [3.8, 4) is 5.69 Å². The second-order valence-electron chi connectivity index (χ2n) is 4.84. The molecule has 2 aromatic rings. The number of rotatable bonds is 6. The molecule has 0 spiro atoms. The van der Waals surface area contributed by atoms with E-state index in [9.17, 15) is 14.3 Å². The Bertz CT molecular complexity index is 626. The lowest BCUT2D eigenvalue weighted by Crippen LogP contribution is -2.41. The lowest BCUT2D eigenvalue weighted by Gasteiger charge is -2.20. The predicted octanol–water partition coefficient (Wildman–Crippen LogP) is 1.85. The highest BCUT2D eigenvalue weighted by Crippen LogP contribution is 2.12. The van der Waals surface area contributed by atoms with Crippen molar-refractivity contribution in [1.29, 1.82) is 0 Å². The average molecular weight is 323 g/mol. The van der Waals surface area contributed by atoms with Gasteiger partial charge in [0.2, 0.25) is 0 Å². The molecule has 0 saturated heterocycles. The molecule has 0 bridgehead atoms. The Hall–Kier alpha value is -1.86. The fraction of sp³-hybridized carbons (Fsp3) is 0.333. The second-order valence-corrected chi connectivity index (χ2v) is 5.92. The van der Waals surface area contributed by atoms with Crippen molar-refractivity contribution in [2.24, 2.45) is 0 Å². The number of halogens is 1. The van der Waals surface area contributed by atoms with Crippen LogP contribution in [0.3, 0.4) is 0 Å². The van der Waals surface area contributed by atoms with Gasteiger partial charge in [0.25, 0.3) is 5.91 Å². The Balaban J connectivity index is 2.07. The van der Waals surface area contributed by atoms with Crippen molar-refractivity contribution in [3.05, 3.63) is 48.0 Å². The first-order chi connectivity index (χ1) is 10.5. The molecule has 0 aliphatic rings. The minimum Gasteiger partial charge on any atom is -0.395 e. The largest absolute Gasteiger partial charge is 0.395 e.